The third-order valence-electron chi connectivity index (χ3n) is 2.84. The van der Waals surface area contributed by atoms with Gasteiger partial charge in [-0.2, -0.15) is 0 Å². The summed E-state index contributed by atoms with van der Waals surface area (Å²) in [5, 5.41) is 0. The molecule has 4 nitrogen and oxygen atoms in total. The van der Waals surface area contributed by atoms with Crippen molar-refractivity contribution in [2.24, 2.45) is 5.73 Å². The Labute approximate surface area is 120 Å². The molecule has 1 amide bonds. The summed E-state index contributed by atoms with van der Waals surface area (Å²) in [6.45, 7) is 3.32. The number of benzene rings is 1. The van der Waals surface area contributed by atoms with E-state index < -0.39 is 0 Å². The fraction of sp³-hybridized carbons (Fsp3) is 0.429. The lowest BCUT2D eigenvalue weighted by atomic mass is 10.2. The number of hydrogen-bond acceptors (Lipinski definition) is 3. The number of carbonyl (C=O) groups is 1. The number of hydrogen-bond donors (Lipinski definition) is 1. The lowest BCUT2D eigenvalue weighted by Gasteiger charge is -2.25. The van der Waals surface area contributed by atoms with Crippen LogP contribution in [0.1, 0.15) is 18.9 Å². The van der Waals surface area contributed by atoms with E-state index in [-0.39, 0.29) is 5.91 Å². The lowest BCUT2D eigenvalue weighted by Crippen LogP contribution is -2.37. The van der Waals surface area contributed by atoms with E-state index >= 15 is 0 Å². The molecule has 0 unspecified atom stereocenters. The fourth-order valence-corrected chi connectivity index (χ4v) is 1.85. The third kappa shape index (κ3) is 4.52. The van der Waals surface area contributed by atoms with E-state index in [0.717, 1.165) is 24.2 Å². The molecule has 104 valence electrons. The van der Waals surface area contributed by atoms with E-state index in [1.807, 2.05) is 24.3 Å². The maximum atomic E-state index is 11.8. The number of rotatable bonds is 6. The molecule has 0 bridgehead atoms. The predicted molar refractivity (Wildman–Crippen MR) is 83.5 cm³/mol. The topological polar surface area (TPSA) is 49.6 Å². The Kier molecular flexibility index (Phi) is 5.76. The molecule has 0 atom stereocenters. The van der Waals surface area contributed by atoms with Crippen LogP contribution in [0.3, 0.4) is 0 Å². The molecule has 1 aromatic rings. The van der Waals surface area contributed by atoms with E-state index in [1.54, 1.807) is 19.0 Å². The molecular weight excluding hydrogens is 258 g/mol. The van der Waals surface area contributed by atoms with E-state index in [0.29, 0.717) is 11.5 Å². The quantitative estimate of drug-likeness (QED) is 0.804. The largest absolute Gasteiger partial charge is 0.389 e. The first-order valence-electron chi connectivity index (χ1n) is 6.30. The van der Waals surface area contributed by atoms with Gasteiger partial charge in [0.1, 0.15) is 4.99 Å². The molecule has 5 heteroatoms. The van der Waals surface area contributed by atoms with Crippen molar-refractivity contribution in [3.8, 4) is 0 Å². The van der Waals surface area contributed by atoms with Crippen molar-refractivity contribution in [3.63, 3.8) is 0 Å². The van der Waals surface area contributed by atoms with Crippen LogP contribution < -0.4 is 10.6 Å². The molecule has 0 aromatic heterocycles. The minimum Gasteiger partial charge on any atom is -0.389 e. The van der Waals surface area contributed by atoms with Gasteiger partial charge in [0.25, 0.3) is 0 Å². The van der Waals surface area contributed by atoms with Gasteiger partial charge in [0.05, 0.1) is 6.54 Å². The second-order valence-electron chi connectivity index (χ2n) is 4.62. The van der Waals surface area contributed by atoms with Gasteiger partial charge in [-0.1, -0.05) is 19.1 Å². The highest BCUT2D eigenvalue weighted by atomic mass is 32.1. The smallest absolute Gasteiger partial charge is 0.241 e. The van der Waals surface area contributed by atoms with Crippen LogP contribution in [-0.4, -0.2) is 43.0 Å². The molecule has 0 saturated carbocycles. The van der Waals surface area contributed by atoms with Gasteiger partial charge in [-0.3, -0.25) is 4.79 Å². The second-order valence-corrected chi connectivity index (χ2v) is 5.06. The summed E-state index contributed by atoms with van der Waals surface area (Å²) in [7, 11) is 3.53. The normalized spacial score (nSPS) is 10.1. The summed E-state index contributed by atoms with van der Waals surface area (Å²) < 4.78 is 0. The predicted octanol–water partition coefficient (Wildman–Crippen LogP) is 1.63. The summed E-state index contributed by atoms with van der Waals surface area (Å²) in [6.07, 6.45) is 0.984. The van der Waals surface area contributed by atoms with Gasteiger partial charge in [0.15, 0.2) is 0 Å². The van der Waals surface area contributed by atoms with Crippen molar-refractivity contribution in [2.75, 3.05) is 32.1 Å². The average molecular weight is 279 g/mol. The third-order valence-corrected chi connectivity index (χ3v) is 3.07. The molecule has 0 fully saturated rings. The van der Waals surface area contributed by atoms with Crippen LogP contribution in [0, 0.1) is 0 Å². The Morgan fingerprint density at radius 2 is 1.84 bits per heavy atom. The standard InChI is InChI=1S/C14H21N3OS/c1-4-9-17(10-13(18)16(2)3)12-7-5-11(6-8-12)14(15)19/h5-8H,4,9-10H2,1-3H3,(H2,15,19). The van der Waals surface area contributed by atoms with E-state index in [4.69, 9.17) is 18.0 Å². The number of nitrogens with zero attached hydrogens (tertiary/aromatic N) is 2. The molecule has 0 spiro atoms. The molecule has 1 aromatic carbocycles. The number of nitrogens with two attached hydrogens (primary N) is 1. The van der Waals surface area contributed by atoms with Gasteiger partial charge >= 0.3 is 0 Å². The van der Waals surface area contributed by atoms with E-state index in [9.17, 15) is 4.79 Å². The molecule has 2 N–H and O–H groups in total. The van der Waals surface area contributed by atoms with Crippen LogP contribution in [0.4, 0.5) is 5.69 Å². The van der Waals surface area contributed by atoms with E-state index in [2.05, 4.69) is 11.8 Å². The van der Waals surface area contributed by atoms with Crippen LogP contribution in [0.5, 0.6) is 0 Å². The SMILES string of the molecule is CCCN(CC(=O)N(C)C)c1ccc(C(N)=S)cc1. The first kappa shape index (κ1) is 15.4. The highest BCUT2D eigenvalue weighted by molar-refractivity contribution is 7.80. The number of amides is 1. The molecular formula is C14H21N3OS. The van der Waals surface area contributed by atoms with Crippen molar-refractivity contribution in [1.82, 2.24) is 4.90 Å². The zero-order chi connectivity index (χ0) is 14.4. The van der Waals surface area contributed by atoms with Crippen LogP contribution in [0.25, 0.3) is 0 Å². The van der Waals surface area contributed by atoms with Crippen LogP contribution in [0.2, 0.25) is 0 Å². The van der Waals surface area contributed by atoms with Gasteiger partial charge in [0, 0.05) is 31.9 Å². The summed E-state index contributed by atoms with van der Waals surface area (Å²) in [6, 6.07) is 7.68. The van der Waals surface area contributed by atoms with Gasteiger partial charge in [0.2, 0.25) is 5.91 Å². The zero-order valence-corrected chi connectivity index (χ0v) is 12.5. The molecule has 0 aliphatic carbocycles. The molecule has 0 aliphatic heterocycles. The van der Waals surface area contributed by atoms with Crippen LogP contribution in [-0.2, 0) is 4.79 Å². The Balaban J connectivity index is 2.86. The summed E-state index contributed by atoms with van der Waals surface area (Å²) in [5.74, 6) is 0.0897. The molecule has 1 rings (SSSR count). The van der Waals surface area contributed by atoms with Crippen LogP contribution in [0.15, 0.2) is 24.3 Å². The summed E-state index contributed by atoms with van der Waals surface area (Å²) >= 11 is 4.93. The molecule has 0 saturated heterocycles. The van der Waals surface area contributed by atoms with Gasteiger partial charge in [-0.15, -0.1) is 0 Å². The first-order chi connectivity index (χ1) is 8.95. The lowest BCUT2D eigenvalue weighted by molar-refractivity contribution is -0.127. The molecule has 0 aliphatic rings. The number of likely N-dealkylation sites (N-methyl/N-ethyl adjacent to an activating group) is 1. The number of anilines is 1. The highest BCUT2D eigenvalue weighted by Gasteiger charge is 2.12. The number of thiocarbonyl (C=S) groups is 1. The minimum absolute atomic E-state index is 0.0897. The summed E-state index contributed by atoms with van der Waals surface area (Å²) in [5.41, 5.74) is 7.43. The monoisotopic (exact) mass is 279 g/mol. The maximum Gasteiger partial charge on any atom is 0.241 e. The van der Waals surface area contributed by atoms with Crippen molar-refractivity contribution in [1.29, 1.82) is 0 Å². The maximum absolute atomic E-state index is 11.8. The fourth-order valence-electron chi connectivity index (χ4n) is 1.71. The first-order valence-corrected chi connectivity index (χ1v) is 6.71. The van der Waals surface area contributed by atoms with Crippen LogP contribution >= 0.6 is 12.2 Å². The second kappa shape index (κ2) is 7.09. The van der Waals surface area contributed by atoms with Gasteiger partial charge < -0.3 is 15.5 Å². The van der Waals surface area contributed by atoms with Crippen molar-refractivity contribution >= 4 is 28.8 Å². The zero-order valence-electron chi connectivity index (χ0n) is 11.7. The Bertz CT molecular complexity index is 443. The molecule has 19 heavy (non-hydrogen) atoms. The van der Waals surface area contributed by atoms with Gasteiger partial charge in [-0.25, -0.2) is 0 Å². The summed E-state index contributed by atoms with van der Waals surface area (Å²) in [4.78, 5) is 15.9. The van der Waals surface area contributed by atoms with Crippen molar-refractivity contribution in [2.45, 2.75) is 13.3 Å². The van der Waals surface area contributed by atoms with Crippen molar-refractivity contribution in [3.05, 3.63) is 29.8 Å². The van der Waals surface area contributed by atoms with Crippen molar-refractivity contribution < 1.29 is 4.79 Å². The molecule has 0 radical (unpaired) electrons. The Morgan fingerprint density at radius 1 is 1.26 bits per heavy atom. The average Bonchev–Trinajstić information content (AvgIpc) is 2.38. The Morgan fingerprint density at radius 3 is 2.26 bits per heavy atom. The molecule has 0 heterocycles. The Hall–Kier alpha value is -1.62. The minimum atomic E-state index is 0.0897. The van der Waals surface area contributed by atoms with Gasteiger partial charge in [-0.05, 0) is 30.7 Å². The highest BCUT2D eigenvalue weighted by Crippen LogP contribution is 2.16. The number of carbonyl (C=O) groups excluding carboxylic acids is 1. The van der Waals surface area contributed by atoms with E-state index in [1.165, 1.54) is 0 Å².